The second-order valence-corrected chi connectivity index (χ2v) is 9.02. The van der Waals surface area contributed by atoms with Gasteiger partial charge >= 0.3 is 0 Å². The number of amides is 1. The van der Waals surface area contributed by atoms with Crippen molar-refractivity contribution in [3.63, 3.8) is 0 Å². The highest BCUT2D eigenvalue weighted by molar-refractivity contribution is 7.07. The van der Waals surface area contributed by atoms with Gasteiger partial charge in [0.15, 0.2) is 0 Å². The number of aryl methyl sites for hydroxylation is 1. The van der Waals surface area contributed by atoms with Crippen molar-refractivity contribution in [3.8, 4) is 0 Å². The van der Waals surface area contributed by atoms with Crippen LogP contribution in [0.5, 0.6) is 0 Å². The summed E-state index contributed by atoms with van der Waals surface area (Å²) in [6.07, 6.45) is 8.26. The normalized spacial score (nSPS) is 26.5. The number of H-pyrrole nitrogens is 1. The predicted molar refractivity (Wildman–Crippen MR) is 102 cm³/mol. The van der Waals surface area contributed by atoms with E-state index in [1.165, 1.54) is 30.4 Å². The minimum atomic E-state index is 0.0981. The highest BCUT2D eigenvalue weighted by atomic mass is 32.1. The van der Waals surface area contributed by atoms with Crippen LogP contribution < -0.4 is 5.32 Å². The first kappa shape index (κ1) is 16.5. The van der Waals surface area contributed by atoms with Gasteiger partial charge in [-0.2, -0.15) is 16.4 Å². The molecule has 3 heterocycles. The van der Waals surface area contributed by atoms with Crippen molar-refractivity contribution in [2.45, 2.75) is 51.1 Å². The number of aromatic amines is 1. The summed E-state index contributed by atoms with van der Waals surface area (Å²) in [4.78, 5) is 15.8. The molecule has 138 valence electrons. The minimum Gasteiger partial charge on any atom is -0.335 e. The largest absolute Gasteiger partial charge is 0.335 e. The fraction of sp³-hybridized carbons (Fsp3) is 0.600. The molecular weight excluding hydrogens is 344 g/mol. The minimum absolute atomic E-state index is 0.0981. The smallest absolute Gasteiger partial charge is 0.226 e. The third-order valence-electron chi connectivity index (χ3n) is 6.71. The molecule has 2 aromatic rings. The van der Waals surface area contributed by atoms with Crippen LogP contribution in [-0.2, 0) is 24.2 Å². The van der Waals surface area contributed by atoms with Crippen molar-refractivity contribution >= 4 is 17.2 Å². The third-order valence-corrected chi connectivity index (χ3v) is 7.44. The van der Waals surface area contributed by atoms with E-state index in [9.17, 15) is 4.79 Å². The molecule has 3 aliphatic rings. The molecule has 26 heavy (non-hydrogen) atoms. The quantitative estimate of drug-likeness (QED) is 0.870. The summed E-state index contributed by atoms with van der Waals surface area (Å²) in [5.41, 5.74) is 4.11. The lowest BCUT2D eigenvalue weighted by molar-refractivity contribution is -0.138. The number of thiophene rings is 1. The molecule has 1 saturated heterocycles. The van der Waals surface area contributed by atoms with Crippen molar-refractivity contribution in [3.05, 3.63) is 39.8 Å². The Morgan fingerprint density at radius 3 is 3.08 bits per heavy atom. The van der Waals surface area contributed by atoms with Crippen LogP contribution in [0.4, 0.5) is 0 Å². The summed E-state index contributed by atoms with van der Waals surface area (Å²) in [6, 6.07) is 2.59. The Labute approximate surface area is 158 Å². The van der Waals surface area contributed by atoms with Crippen molar-refractivity contribution in [2.75, 3.05) is 13.1 Å². The van der Waals surface area contributed by atoms with Gasteiger partial charge in [-0.3, -0.25) is 9.89 Å². The number of hydrogen-bond acceptors (Lipinski definition) is 4. The number of rotatable bonds is 4. The molecule has 2 atom stereocenters. The average Bonchev–Trinajstić information content (AvgIpc) is 3.08. The molecule has 2 fully saturated rings. The second kappa shape index (κ2) is 6.50. The van der Waals surface area contributed by atoms with Crippen molar-refractivity contribution in [2.24, 2.45) is 11.3 Å². The molecule has 5 nitrogen and oxygen atoms in total. The van der Waals surface area contributed by atoms with Crippen LogP contribution in [-0.4, -0.2) is 40.1 Å². The zero-order valence-corrected chi connectivity index (χ0v) is 15.9. The third kappa shape index (κ3) is 2.89. The van der Waals surface area contributed by atoms with E-state index < -0.39 is 0 Å². The monoisotopic (exact) mass is 370 g/mol. The summed E-state index contributed by atoms with van der Waals surface area (Å²) < 4.78 is 0. The number of aromatic nitrogens is 2. The van der Waals surface area contributed by atoms with Gasteiger partial charge in [0.25, 0.3) is 0 Å². The van der Waals surface area contributed by atoms with Crippen LogP contribution in [0, 0.1) is 11.3 Å². The molecule has 5 rings (SSSR count). The van der Waals surface area contributed by atoms with E-state index in [-0.39, 0.29) is 5.92 Å². The van der Waals surface area contributed by atoms with Crippen LogP contribution in [0.3, 0.4) is 0 Å². The summed E-state index contributed by atoms with van der Waals surface area (Å²) in [6.45, 7) is 2.96. The fourth-order valence-corrected chi connectivity index (χ4v) is 5.66. The molecular formula is C20H26N4OS. The molecule has 6 heteroatoms. The maximum absolute atomic E-state index is 13.5. The average molecular weight is 371 g/mol. The number of carbonyl (C=O) groups excluding carboxylic acids is 1. The first-order valence-corrected chi connectivity index (χ1v) is 10.7. The molecule has 2 aliphatic carbocycles. The lowest BCUT2D eigenvalue weighted by Gasteiger charge is -2.33. The van der Waals surface area contributed by atoms with Gasteiger partial charge in [-0.15, -0.1) is 0 Å². The van der Waals surface area contributed by atoms with Crippen LogP contribution >= 0.6 is 11.3 Å². The van der Waals surface area contributed by atoms with E-state index in [4.69, 9.17) is 0 Å². The molecule has 1 saturated carbocycles. The van der Waals surface area contributed by atoms with E-state index in [0.717, 1.165) is 44.6 Å². The van der Waals surface area contributed by atoms with Crippen LogP contribution in [0.2, 0.25) is 0 Å². The second-order valence-electron chi connectivity index (χ2n) is 8.24. The molecule has 0 radical (unpaired) electrons. The molecule has 2 aromatic heterocycles. The zero-order valence-electron chi connectivity index (χ0n) is 15.0. The molecule has 2 N–H and O–H groups in total. The molecule has 0 aromatic carbocycles. The van der Waals surface area contributed by atoms with Crippen LogP contribution in [0.15, 0.2) is 23.0 Å². The number of carbonyl (C=O) groups is 1. The maximum atomic E-state index is 13.5. The molecule has 1 aliphatic heterocycles. The number of nitrogens with zero attached hydrogens (tertiary/aromatic N) is 2. The van der Waals surface area contributed by atoms with Gasteiger partial charge in [-0.05, 0) is 78.6 Å². The summed E-state index contributed by atoms with van der Waals surface area (Å²) in [7, 11) is 0. The van der Waals surface area contributed by atoms with Gasteiger partial charge in [0.05, 0.1) is 6.20 Å². The Kier molecular flexibility index (Phi) is 4.13. The summed E-state index contributed by atoms with van der Waals surface area (Å²) >= 11 is 1.72. The fourth-order valence-electron chi connectivity index (χ4n) is 5.00. The van der Waals surface area contributed by atoms with E-state index in [0.29, 0.717) is 17.4 Å². The SMILES string of the molecule is O=C([C@@H]1CCc2cn[nH]c2C1)N(Cc1ccsc1)[C@@H]1CC12CCNCC2. The Hall–Kier alpha value is -1.66. The van der Waals surface area contributed by atoms with Gasteiger partial charge in [-0.1, -0.05) is 0 Å². The lowest BCUT2D eigenvalue weighted by atomic mass is 9.86. The van der Waals surface area contributed by atoms with Gasteiger partial charge in [0.2, 0.25) is 5.91 Å². The molecule has 1 amide bonds. The zero-order chi connectivity index (χ0) is 17.6. The Morgan fingerprint density at radius 1 is 1.38 bits per heavy atom. The first-order chi connectivity index (χ1) is 12.8. The standard InChI is InChI=1S/C20H26N4OS/c25-19(15-1-2-16-11-22-23-17(16)9-15)24(12-14-3-8-26-13-14)18-10-20(18)4-6-21-7-5-20/h3,8,11,13,15,18,21H,1-2,4-7,9-10,12H2,(H,22,23)/t15-,18-/m1/s1. The van der Waals surface area contributed by atoms with E-state index in [2.05, 4.69) is 37.2 Å². The number of hydrogen-bond donors (Lipinski definition) is 2. The number of fused-ring (bicyclic) bond motifs is 1. The first-order valence-electron chi connectivity index (χ1n) is 9.79. The highest BCUT2D eigenvalue weighted by Crippen LogP contribution is 2.56. The van der Waals surface area contributed by atoms with E-state index in [1.54, 1.807) is 11.3 Å². The van der Waals surface area contributed by atoms with Gasteiger partial charge in [0.1, 0.15) is 0 Å². The topological polar surface area (TPSA) is 61.0 Å². The predicted octanol–water partition coefficient (Wildman–Crippen LogP) is 2.75. The van der Waals surface area contributed by atoms with Crippen LogP contribution in [0.1, 0.15) is 42.5 Å². The number of piperidine rings is 1. The molecule has 1 spiro atoms. The maximum Gasteiger partial charge on any atom is 0.226 e. The summed E-state index contributed by atoms with van der Waals surface area (Å²) in [5.74, 6) is 0.456. The lowest BCUT2D eigenvalue weighted by Crippen LogP contribution is -2.43. The van der Waals surface area contributed by atoms with Gasteiger partial charge in [-0.25, -0.2) is 0 Å². The Balaban J connectivity index is 1.36. The Bertz CT molecular complexity index is 778. The van der Waals surface area contributed by atoms with Crippen molar-refractivity contribution in [1.29, 1.82) is 0 Å². The van der Waals surface area contributed by atoms with E-state index >= 15 is 0 Å². The number of nitrogens with one attached hydrogen (secondary N) is 2. The Morgan fingerprint density at radius 2 is 2.27 bits per heavy atom. The van der Waals surface area contributed by atoms with Crippen molar-refractivity contribution in [1.82, 2.24) is 20.4 Å². The highest BCUT2D eigenvalue weighted by Gasteiger charge is 2.58. The van der Waals surface area contributed by atoms with Gasteiger partial charge < -0.3 is 10.2 Å². The van der Waals surface area contributed by atoms with Crippen molar-refractivity contribution < 1.29 is 4.79 Å². The molecule has 0 bridgehead atoms. The van der Waals surface area contributed by atoms with E-state index in [1.807, 2.05) is 6.20 Å². The van der Waals surface area contributed by atoms with Gasteiger partial charge in [0, 0.05) is 30.6 Å². The van der Waals surface area contributed by atoms with Crippen LogP contribution in [0.25, 0.3) is 0 Å². The summed E-state index contributed by atoms with van der Waals surface area (Å²) in [5, 5.41) is 15.0. The molecule has 0 unspecified atom stereocenters.